The Bertz CT molecular complexity index is 974. The summed E-state index contributed by atoms with van der Waals surface area (Å²) in [6, 6.07) is 12.9. The van der Waals surface area contributed by atoms with Gasteiger partial charge in [0.15, 0.2) is 23.7 Å². The van der Waals surface area contributed by atoms with E-state index in [0.29, 0.717) is 32.5 Å². The quantitative estimate of drug-likeness (QED) is 0.699. The van der Waals surface area contributed by atoms with E-state index in [0.717, 1.165) is 17.7 Å². The van der Waals surface area contributed by atoms with Crippen molar-refractivity contribution < 1.29 is 32.2 Å². The maximum Gasteiger partial charge on any atom is 0.422 e. The van der Waals surface area contributed by atoms with Crippen molar-refractivity contribution in [1.29, 1.82) is 0 Å². The minimum atomic E-state index is -4.43. The van der Waals surface area contributed by atoms with Gasteiger partial charge in [-0.05, 0) is 29.3 Å². The first-order chi connectivity index (χ1) is 14.9. The molecule has 164 valence electrons. The molecule has 1 aliphatic carbocycles. The van der Waals surface area contributed by atoms with Gasteiger partial charge in [0.25, 0.3) is 0 Å². The topological polar surface area (TPSA) is 49.3 Å². The van der Waals surface area contributed by atoms with Crippen molar-refractivity contribution in [2.45, 2.75) is 43.6 Å². The molecule has 0 aromatic heterocycles. The standard InChI is InChI=1S/C23H22F3NO4/c24-23(25,26)14-29-20-6-5-17(19-12-22(31-27-19)7-8-28-13-22)11-21(20)30-18-9-15-3-1-2-4-16(15)10-18/h1-6,11,18H,7-10,12-14H2. The second kappa shape index (κ2) is 7.75. The van der Waals surface area contributed by atoms with Gasteiger partial charge in [-0.2, -0.15) is 13.2 Å². The van der Waals surface area contributed by atoms with E-state index in [1.807, 2.05) is 24.3 Å². The molecule has 2 heterocycles. The highest BCUT2D eigenvalue weighted by molar-refractivity contribution is 6.02. The third-order valence-corrected chi connectivity index (χ3v) is 5.88. The van der Waals surface area contributed by atoms with Crippen LogP contribution in [0.3, 0.4) is 0 Å². The predicted molar refractivity (Wildman–Crippen MR) is 107 cm³/mol. The molecule has 1 fully saturated rings. The van der Waals surface area contributed by atoms with Crippen LogP contribution in [0.15, 0.2) is 47.6 Å². The number of halogens is 3. The van der Waals surface area contributed by atoms with Crippen molar-refractivity contribution in [3.63, 3.8) is 0 Å². The number of rotatable bonds is 5. The number of alkyl halides is 3. The highest BCUT2D eigenvalue weighted by Gasteiger charge is 2.43. The van der Waals surface area contributed by atoms with Gasteiger partial charge in [-0.1, -0.05) is 29.4 Å². The first kappa shape index (κ1) is 20.2. The van der Waals surface area contributed by atoms with Gasteiger partial charge in [0.2, 0.25) is 0 Å². The number of hydrogen-bond acceptors (Lipinski definition) is 5. The summed E-state index contributed by atoms with van der Waals surface area (Å²) in [6.07, 6.45) is -1.86. The summed E-state index contributed by atoms with van der Waals surface area (Å²) >= 11 is 0. The molecule has 0 amide bonds. The molecule has 5 rings (SSSR count). The first-order valence-electron chi connectivity index (χ1n) is 10.3. The Labute approximate surface area is 177 Å². The van der Waals surface area contributed by atoms with E-state index in [9.17, 15) is 13.2 Å². The summed E-state index contributed by atoms with van der Waals surface area (Å²) in [5.74, 6) is 0.348. The van der Waals surface area contributed by atoms with E-state index < -0.39 is 18.4 Å². The molecule has 1 spiro atoms. The molecule has 5 nitrogen and oxygen atoms in total. The number of ether oxygens (including phenoxy) is 3. The molecule has 2 aromatic rings. The zero-order chi connectivity index (χ0) is 21.5. The van der Waals surface area contributed by atoms with Gasteiger partial charge in [0, 0.05) is 31.2 Å². The van der Waals surface area contributed by atoms with Crippen LogP contribution in [0.4, 0.5) is 13.2 Å². The van der Waals surface area contributed by atoms with Gasteiger partial charge < -0.3 is 19.0 Å². The highest BCUT2D eigenvalue weighted by atomic mass is 19.4. The molecule has 3 aliphatic rings. The molecule has 31 heavy (non-hydrogen) atoms. The lowest BCUT2D eigenvalue weighted by Gasteiger charge is -2.19. The molecule has 8 heteroatoms. The Kier molecular flexibility index (Phi) is 5.04. The zero-order valence-corrected chi connectivity index (χ0v) is 16.8. The first-order valence-corrected chi connectivity index (χ1v) is 10.3. The molecule has 1 saturated heterocycles. The maximum absolute atomic E-state index is 12.7. The van der Waals surface area contributed by atoms with E-state index in [1.165, 1.54) is 17.2 Å². The number of hydrogen-bond donors (Lipinski definition) is 0. The van der Waals surface area contributed by atoms with E-state index in [2.05, 4.69) is 5.16 Å². The molecule has 0 N–H and O–H groups in total. The molecule has 0 bridgehead atoms. The van der Waals surface area contributed by atoms with Crippen molar-refractivity contribution in [2.24, 2.45) is 5.16 Å². The van der Waals surface area contributed by atoms with E-state index in [4.69, 9.17) is 19.0 Å². The lowest BCUT2D eigenvalue weighted by molar-refractivity contribution is -0.153. The third-order valence-electron chi connectivity index (χ3n) is 5.88. The van der Waals surface area contributed by atoms with Crippen LogP contribution in [-0.2, 0) is 22.4 Å². The fourth-order valence-corrected chi connectivity index (χ4v) is 4.32. The number of fused-ring (bicyclic) bond motifs is 1. The van der Waals surface area contributed by atoms with Crippen LogP contribution in [0.5, 0.6) is 11.5 Å². The SMILES string of the molecule is FC(F)(F)COc1ccc(C2=NOC3(CCOC3)C2)cc1OC1Cc2ccccc2C1. The van der Waals surface area contributed by atoms with Crippen molar-refractivity contribution >= 4 is 5.71 Å². The average molecular weight is 433 g/mol. The van der Waals surface area contributed by atoms with Crippen LogP contribution in [0.2, 0.25) is 0 Å². The molecular weight excluding hydrogens is 411 g/mol. The van der Waals surface area contributed by atoms with Crippen LogP contribution in [0, 0.1) is 0 Å². The van der Waals surface area contributed by atoms with Crippen LogP contribution in [-0.4, -0.2) is 43.4 Å². The maximum atomic E-state index is 12.7. The predicted octanol–water partition coefficient (Wildman–Crippen LogP) is 4.46. The largest absolute Gasteiger partial charge is 0.486 e. The molecular formula is C23H22F3NO4. The van der Waals surface area contributed by atoms with Gasteiger partial charge in [-0.25, -0.2) is 0 Å². The molecule has 1 unspecified atom stereocenters. The fourth-order valence-electron chi connectivity index (χ4n) is 4.32. The Morgan fingerprint density at radius 3 is 2.52 bits per heavy atom. The van der Waals surface area contributed by atoms with Crippen molar-refractivity contribution in [3.8, 4) is 11.5 Å². The number of benzene rings is 2. The minimum Gasteiger partial charge on any atom is -0.486 e. The normalized spacial score (nSPS) is 23.0. The van der Waals surface area contributed by atoms with Gasteiger partial charge >= 0.3 is 6.18 Å². The summed E-state index contributed by atoms with van der Waals surface area (Å²) in [7, 11) is 0. The second-order valence-electron chi connectivity index (χ2n) is 8.27. The van der Waals surface area contributed by atoms with Crippen LogP contribution < -0.4 is 9.47 Å². The summed E-state index contributed by atoms with van der Waals surface area (Å²) in [5.41, 5.74) is 3.42. The Morgan fingerprint density at radius 2 is 1.84 bits per heavy atom. The summed E-state index contributed by atoms with van der Waals surface area (Å²) in [6.45, 7) is -0.266. The fraction of sp³-hybridized carbons (Fsp3) is 0.435. The monoisotopic (exact) mass is 433 g/mol. The zero-order valence-electron chi connectivity index (χ0n) is 16.8. The van der Waals surface area contributed by atoms with Crippen LogP contribution in [0.1, 0.15) is 29.5 Å². The van der Waals surface area contributed by atoms with E-state index in [-0.39, 0.29) is 17.6 Å². The van der Waals surface area contributed by atoms with Gasteiger partial charge in [-0.3, -0.25) is 0 Å². The van der Waals surface area contributed by atoms with Crippen molar-refractivity contribution in [1.82, 2.24) is 0 Å². The molecule has 1 atom stereocenters. The molecule has 0 radical (unpaired) electrons. The lowest BCUT2D eigenvalue weighted by atomic mass is 9.93. The number of nitrogens with zero attached hydrogens (tertiary/aromatic N) is 1. The van der Waals surface area contributed by atoms with Crippen molar-refractivity contribution in [3.05, 3.63) is 59.2 Å². The Hall–Kier alpha value is -2.74. The van der Waals surface area contributed by atoms with Gasteiger partial charge in [0.1, 0.15) is 6.10 Å². The summed E-state index contributed by atoms with van der Waals surface area (Å²) in [5, 5.41) is 4.22. The number of oxime groups is 1. The molecule has 2 aromatic carbocycles. The van der Waals surface area contributed by atoms with Crippen LogP contribution in [0.25, 0.3) is 0 Å². The van der Waals surface area contributed by atoms with Gasteiger partial charge in [0.05, 0.1) is 18.9 Å². The summed E-state index contributed by atoms with van der Waals surface area (Å²) in [4.78, 5) is 5.65. The second-order valence-corrected chi connectivity index (χ2v) is 8.27. The minimum absolute atomic E-state index is 0.0652. The summed E-state index contributed by atoms with van der Waals surface area (Å²) < 4.78 is 54.9. The molecule has 0 saturated carbocycles. The van der Waals surface area contributed by atoms with Gasteiger partial charge in [-0.15, -0.1) is 0 Å². The molecule has 2 aliphatic heterocycles. The van der Waals surface area contributed by atoms with E-state index >= 15 is 0 Å². The van der Waals surface area contributed by atoms with E-state index in [1.54, 1.807) is 12.1 Å². The third kappa shape index (κ3) is 4.35. The van der Waals surface area contributed by atoms with Crippen molar-refractivity contribution in [2.75, 3.05) is 19.8 Å². The smallest absolute Gasteiger partial charge is 0.422 e. The lowest BCUT2D eigenvalue weighted by Crippen LogP contribution is -2.29. The Balaban J connectivity index is 1.37. The Morgan fingerprint density at radius 1 is 1.06 bits per heavy atom. The average Bonchev–Trinajstić information content (AvgIpc) is 3.47. The highest BCUT2D eigenvalue weighted by Crippen LogP contribution is 2.38. The van der Waals surface area contributed by atoms with Crippen LogP contribution >= 0.6 is 0 Å².